The molecule has 0 aliphatic carbocycles. The van der Waals surface area contributed by atoms with Crippen LogP contribution in [0.4, 0.5) is 5.69 Å². The summed E-state index contributed by atoms with van der Waals surface area (Å²) in [6, 6.07) is 15.6. The Balaban J connectivity index is 1.70. The molecule has 0 fully saturated rings. The molecule has 2 amide bonds. The van der Waals surface area contributed by atoms with Crippen LogP contribution in [0.15, 0.2) is 60.8 Å². The molecule has 26 heavy (non-hydrogen) atoms. The number of methoxy groups -OCH3 is 1. The van der Waals surface area contributed by atoms with Gasteiger partial charge in [0.1, 0.15) is 5.75 Å². The lowest BCUT2D eigenvalue weighted by Crippen LogP contribution is -2.18. The van der Waals surface area contributed by atoms with Crippen LogP contribution < -0.4 is 15.4 Å². The maximum Gasteiger partial charge on any atom is 0.276 e. The highest BCUT2D eigenvalue weighted by molar-refractivity contribution is 6.03. The third-order valence-electron chi connectivity index (χ3n) is 3.79. The number of hydrogen-bond donors (Lipinski definition) is 2. The third-order valence-corrected chi connectivity index (χ3v) is 3.79. The Morgan fingerprint density at radius 3 is 2.27 bits per heavy atom. The summed E-state index contributed by atoms with van der Waals surface area (Å²) in [6.45, 7) is 0. The number of benzene rings is 2. The van der Waals surface area contributed by atoms with Gasteiger partial charge in [-0.15, -0.1) is 0 Å². The fraction of sp³-hybridized carbons (Fsp3) is 0.105. The first-order valence-electron chi connectivity index (χ1n) is 7.94. The van der Waals surface area contributed by atoms with Crippen LogP contribution in [0.3, 0.4) is 0 Å². The molecule has 0 radical (unpaired) electrons. The smallest absolute Gasteiger partial charge is 0.276 e. The fourth-order valence-corrected chi connectivity index (χ4v) is 2.37. The molecule has 0 aliphatic heterocycles. The van der Waals surface area contributed by atoms with Gasteiger partial charge in [-0.25, -0.2) is 4.68 Å². The molecular formula is C19H18N4O3. The number of amides is 2. The van der Waals surface area contributed by atoms with Gasteiger partial charge in [-0.05, 0) is 54.6 Å². The molecule has 7 nitrogen and oxygen atoms in total. The molecule has 7 heteroatoms. The Morgan fingerprint density at radius 2 is 1.65 bits per heavy atom. The minimum Gasteiger partial charge on any atom is -0.497 e. The molecule has 0 saturated heterocycles. The maximum atomic E-state index is 12.3. The second-order valence-corrected chi connectivity index (χ2v) is 5.45. The largest absolute Gasteiger partial charge is 0.497 e. The highest BCUT2D eigenvalue weighted by atomic mass is 16.5. The molecule has 2 aromatic carbocycles. The Bertz CT molecular complexity index is 915. The predicted octanol–water partition coefficient (Wildman–Crippen LogP) is 2.49. The van der Waals surface area contributed by atoms with Crippen molar-refractivity contribution in [3.8, 4) is 11.4 Å². The van der Waals surface area contributed by atoms with Crippen LogP contribution >= 0.6 is 0 Å². The molecule has 2 N–H and O–H groups in total. The summed E-state index contributed by atoms with van der Waals surface area (Å²) >= 11 is 0. The van der Waals surface area contributed by atoms with Crippen molar-refractivity contribution in [1.82, 2.24) is 15.1 Å². The topological polar surface area (TPSA) is 85.2 Å². The van der Waals surface area contributed by atoms with E-state index in [0.717, 1.165) is 11.4 Å². The maximum absolute atomic E-state index is 12.3. The molecule has 3 aromatic rings. The summed E-state index contributed by atoms with van der Waals surface area (Å²) in [5.41, 5.74) is 2.21. The summed E-state index contributed by atoms with van der Waals surface area (Å²) in [4.78, 5) is 23.9. The number of anilines is 1. The standard InChI is InChI=1S/C19H18N4O3/c1-20-18(24)13-3-5-14(6-4-13)21-19(25)17-11-12-23(22-17)15-7-9-16(26-2)10-8-15/h3-12H,1-2H3,(H,20,24)(H,21,25). The van der Waals surface area contributed by atoms with Crippen LogP contribution in [0.5, 0.6) is 5.75 Å². The van der Waals surface area contributed by atoms with Gasteiger partial charge in [-0.2, -0.15) is 5.10 Å². The summed E-state index contributed by atoms with van der Waals surface area (Å²) in [6.07, 6.45) is 1.71. The van der Waals surface area contributed by atoms with Crippen molar-refractivity contribution in [2.24, 2.45) is 0 Å². The van der Waals surface area contributed by atoms with Crippen LogP contribution in [0.1, 0.15) is 20.8 Å². The molecule has 3 rings (SSSR count). The second kappa shape index (κ2) is 7.52. The molecule has 1 aromatic heterocycles. The van der Waals surface area contributed by atoms with E-state index in [-0.39, 0.29) is 17.5 Å². The number of nitrogens with zero attached hydrogens (tertiary/aromatic N) is 2. The van der Waals surface area contributed by atoms with Gasteiger partial charge in [0.15, 0.2) is 5.69 Å². The van der Waals surface area contributed by atoms with Crippen LogP contribution in [-0.4, -0.2) is 35.8 Å². The van der Waals surface area contributed by atoms with Crippen molar-refractivity contribution in [2.45, 2.75) is 0 Å². The fourth-order valence-electron chi connectivity index (χ4n) is 2.37. The van der Waals surface area contributed by atoms with Crippen molar-refractivity contribution in [3.05, 3.63) is 72.1 Å². The van der Waals surface area contributed by atoms with E-state index in [1.54, 1.807) is 55.4 Å². The van der Waals surface area contributed by atoms with Crippen molar-refractivity contribution in [1.29, 1.82) is 0 Å². The Hall–Kier alpha value is -3.61. The lowest BCUT2D eigenvalue weighted by Gasteiger charge is -2.05. The number of carbonyl (C=O) groups excluding carboxylic acids is 2. The predicted molar refractivity (Wildman–Crippen MR) is 97.9 cm³/mol. The first kappa shape index (κ1) is 17.2. The van der Waals surface area contributed by atoms with Crippen LogP contribution in [0.2, 0.25) is 0 Å². The zero-order valence-corrected chi connectivity index (χ0v) is 14.4. The van der Waals surface area contributed by atoms with Gasteiger partial charge in [-0.3, -0.25) is 9.59 Å². The Kier molecular flexibility index (Phi) is 4.98. The number of rotatable bonds is 5. The molecule has 0 unspecified atom stereocenters. The Labute approximate surface area is 150 Å². The first-order valence-corrected chi connectivity index (χ1v) is 7.94. The molecule has 0 saturated carbocycles. The lowest BCUT2D eigenvalue weighted by molar-refractivity contribution is 0.0962. The molecule has 132 valence electrons. The van der Waals surface area contributed by atoms with Crippen LogP contribution in [0.25, 0.3) is 5.69 Å². The van der Waals surface area contributed by atoms with E-state index >= 15 is 0 Å². The molecule has 0 atom stereocenters. The van der Waals surface area contributed by atoms with Gasteiger partial charge in [0.2, 0.25) is 0 Å². The lowest BCUT2D eigenvalue weighted by atomic mass is 10.2. The van der Waals surface area contributed by atoms with E-state index in [2.05, 4.69) is 15.7 Å². The summed E-state index contributed by atoms with van der Waals surface area (Å²) in [5, 5.41) is 9.60. The van der Waals surface area contributed by atoms with Crippen molar-refractivity contribution < 1.29 is 14.3 Å². The second-order valence-electron chi connectivity index (χ2n) is 5.45. The van der Waals surface area contributed by atoms with E-state index in [4.69, 9.17) is 4.74 Å². The van der Waals surface area contributed by atoms with Gasteiger partial charge in [0, 0.05) is 24.5 Å². The average molecular weight is 350 g/mol. The van der Waals surface area contributed by atoms with E-state index in [0.29, 0.717) is 11.3 Å². The minimum absolute atomic E-state index is 0.180. The van der Waals surface area contributed by atoms with Gasteiger partial charge in [0.25, 0.3) is 11.8 Å². The number of aromatic nitrogens is 2. The van der Waals surface area contributed by atoms with Gasteiger partial charge < -0.3 is 15.4 Å². The summed E-state index contributed by atoms with van der Waals surface area (Å²) < 4.78 is 6.74. The molecule has 1 heterocycles. The summed E-state index contributed by atoms with van der Waals surface area (Å²) in [5.74, 6) is 0.241. The first-order chi connectivity index (χ1) is 12.6. The van der Waals surface area contributed by atoms with Crippen LogP contribution in [0, 0.1) is 0 Å². The van der Waals surface area contributed by atoms with E-state index in [1.165, 1.54) is 0 Å². The Morgan fingerprint density at radius 1 is 0.962 bits per heavy atom. The number of hydrogen-bond acceptors (Lipinski definition) is 4. The normalized spacial score (nSPS) is 10.2. The molecular weight excluding hydrogens is 332 g/mol. The van der Waals surface area contributed by atoms with Gasteiger partial charge in [-0.1, -0.05) is 0 Å². The quantitative estimate of drug-likeness (QED) is 0.740. The molecule has 0 spiro atoms. The average Bonchev–Trinajstić information content (AvgIpc) is 3.18. The highest BCUT2D eigenvalue weighted by Crippen LogP contribution is 2.15. The van der Waals surface area contributed by atoms with Crippen LogP contribution in [-0.2, 0) is 0 Å². The number of ether oxygens (including phenoxy) is 1. The van der Waals surface area contributed by atoms with E-state index in [9.17, 15) is 9.59 Å². The van der Waals surface area contributed by atoms with Crippen molar-refractivity contribution in [2.75, 3.05) is 19.5 Å². The van der Waals surface area contributed by atoms with E-state index in [1.807, 2.05) is 24.3 Å². The monoisotopic (exact) mass is 350 g/mol. The molecule has 0 bridgehead atoms. The zero-order valence-electron chi connectivity index (χ0n) is 14.4. The minimum atomic E-state index is -0.329. The zero-order chi connectivity index (χ0) is 18.5. The SMILES string of the molecule is CNC(=O)c1ccc(NC(=O)c2ccn(-c3ccc(OC)cc3)n2)cc1. The summed E-state index contributed by atoms with van der Waals surface area (Å²) in [7, 11) is 3.17. The van der Waals surface area contributed by atoms with Crippen molar-refractivity contribution >= 4 is 17.5 Å². The van der Waals surface area contributed by atoms with E-state index < -0.39 is 0 Å². The van der Waals surface area contributed by atoms with Gasteiger partial charge in [0.05, 0.1) is 12.8 Å². The highest BCUT2D eigenvalue weighted by Gasteiger charge is 2.11. The molecule has 0 aliphatic rings. The number of nitrogens with one attached hydrogen (secondary N) is 2. The van der Waals surface area contributed by atoms with Gasteiger partial charge >= 0.3 is 0 Å². The third kappa shape index (κ3) is 3.72. The van der Waals surface area contributed by atoms with Crippen molar-refractivity contribution in [3.63, 3.8) is 0 Å². The number of carbonyl (C=O) groups is 2.